The molecule has 1 aliphatic heterocycles. The SMILES string of the molecule is CS(=O)(=O)Nc1cccc(C2=NN(C(=O)c3cccc(Cl)c3)[C@H](c3cccs3)C2)c1. The van der Waals surface area contributed by atoms with E-state index in [9.17, 15) is 13.2 Å². The quantitative estimate of drug-likeness (QED) is 0.597. The van der Waals surface area contributed by atoms with Crippen molar-refractivity contribution in [1.82, 2.24) is 5.01 Å². The minimum Gasteiger partial charge on any atom is -0.284 e. The van der Waals surface area contributed by atoms with Crippen molar-refractivity contribution in [1.29, 1.82) is 0 Å². The van der Waals surface area contributed by atoms with Gasteiger partial charge in [0.15, 0.2) is 0 Å². The fourth-order valence-electron chi connectivity index (χ4n) is 3.30. The maximum atomic E-state index is 13.2. The summed E-state index contributed by atoms with van der Waals surface area (Å²) in [6.45, 7) is 0. The first-order valence-corrected chi connectivity index (χ1v) is 12.2. The second kappa shape index (κ2) is 8.22. The molecule has 1 amide bonds. The van der Waals surface area contributed by atoms with E-state index >= 15 is 0 Å². The van der Waals surface area contributed by atoms with Gasteiger partial charge in [-0.25, -0.2) is 13.4 Å². The number of thiophene rings is 1. The molecule has 30 heavy (non-hydrogen) atoms. The van der Waals surface area contributed by atoms with Crippen LogP contribution >= 0.6 is 22.9 Å². The molecule has 1 aliphatic rings. The van der Waals surface area contributed by atoms with Gasteiger partial charge in [0, 0.05) is 27.6 Å². The number of sulfonamides is 1. The van der Waals surface area contributed by atoms with Crippen molar-refractivity contribution in [2.45, 2.75) is 12.5 Å². The average molecular weight is 460 g/mol. The minimum atomic E-state index is -3.39. The number of halogens is 1. The van der Waals surface area contributed by atoms with Crippen LogP contribution in [0.15, 0.2) is 71.1 Å². The maximum absolute atomic E-state index is 13.2. The van der Waals surface area contributed by atoms with E-state index in [1.165, 1.54) is 5.01 Å². The van der Waals surface area contributed by atoms with Crippen LogP contribution in [0, 0.1) is 0 Å². The van der Waals surface area contributed by atoms with Gasteiger partial charge in [-0.1, -0.05) is 35.9 Å². The molecule has 4 rings (SSSR count). The molecule has 0 fully saturated rings. The monoisotopic (exact) mass is 459 g/mol. The highest BCUT2D eigenvalue weighted by molar-refractivity contribution is 7.92. The Morgan fingerprint density at radius 2 is 1.97 bits per heavy atom. The number of benzene rings is 2. The zero-order chi connectivity index (χ0) is 21.3. The van der Waals surface area contributed by atoms with Crippen molar-refractivity contribution in [2.24, 2.45) is 5.10 Å². The smallest absolute Gasteiger partial charge is 0.274 e. The summed E-state index contributed by atoms with van der Waals surface area (Å²) in [5.74, 6) is -0.240. The van der Waals surface area contributed by atoms with Crippen molar-refractivity contribution in [3.05, 3.63) is 87.1 Å². The van der Waals surface area contributed by atoms with Crippen molar-refractivity contribution in [3.8, 4) is 0 Å². The Hall–Kier alpha value is -2.68. The lowest BCUT2D eigenvalue weighted by molar-refractivity contribution is 0.0714. The van der Waals surface area contributed by atoms with Gasteiger partial charge < -0.3 is 0 Å². The van der Waals surface area contributed by atoms with Gasteiger partial charge in [0.1, 0.15) is 0 Å². The average Bonchev–Trinajstić information content (AvgIpc) is 3.36. The van der Waals surface area contributed by atoms with E-state index in [0.29, 0.717) is 28.4 Å². The van der Waals surface area contributed by atoms with Gasteiger partial charge in [-0.15, -0.1) is 11.3 Å². The van der Waals surface area contributed by atoms with E-state index in [-0.39, 0.29) is 11.9 Å². The van der Waals surface area contributed by atoms with Crippen molar-refractivity contribution >= 4 is 50.3 Å². The first kappa shape index (κ1) is 20.6. The summed E-state index contributed by atoms with van der Waals surface area (Å²) in [6, 6.07) is 17.5. The largest absolute Gasteiger partial charge is 0.284 e. The van der Waals surface area contributed by atoms with Crippen molar-refractivity contribution in [2.75, 3.05) is 11.0 Å². The van der Waals surface area contributed by atoms with Gasteiger partial charge in [-0.2, -0.15) is 5.10 Å². The minimum absolute atomic E-state index is 0.238. The van der Waals surface area contributed by atoms with Crippen LogP contribution in [0.25, 0.3) is 0 Å². The number of rotatable bonds is 5. The molecular formula is C21H18ClN3O3S2. The summed E-state index contributed by atoms with van der Waals surface area (Å²) in [6.07, 6.45) is 1.63. The van der Waals surface area contributed by atoms with E-state index < -0.39 is 10.0 Å². The molecule has 0 unspecified atom stereocenters. The van der Waals surface area contributed by atoms with Gasteiger partial charge in [0.25, 0.3) is 5.91 Å². The Labute approximate surface area is 183 Å². The van der Waals surface area contributed by atoms with Crippen LogP contribution in [-0.4, -0.2) is 31.3 Å². The van der Waals surface area contributed by atoms with Crippen LogP contribution in [0.2, 0.25) is 5.02 Å². The highest BCUT2D eigenvalue weighted by Gasteiger charge is 2.34. The number of carbonyl (C=O) groups excluding carboxylic acids is 1. The van der Waals surface area contributed by atoms with E-state index in [1.807, 2.05) is 23.6 Å². The molecule has 0 radical (unpaired) electrons. The standard InChI is InChI=1S/C21H18ClN3O3S2/c1-30(27,28)24-17-8-3-5-14(12-17)18-13-19(20-9-4-10-29-20)25(23-18)21(26)15-6-2-7-16(22)11-15/h2-12,19,24H,13H2,1H3/t19-/m0/s1. The molecule has 1 aromatic heterocycles. The van der Waals surface area contributed by atoms with E-state index in [4.69, 9.17) is 11.6 Å². The first-order chi connectivity index (χ1) is 14.3. The fraction of sp³-hybridized carbons (Fsp3) is 0.143. The second-order valence-electron chi connectivity index (χ2n) is 6.90. The number of hydrazone groups is 1. The van der Waals surface area contributed by atoms with Gasteiger partial charge in [0.2, 0.25) is 10.0 Å². The summed E-state index contributed by atoms with van der Waals surface area (Å²) in [7, 11) is -3.39. The van der Waals surface area contributed by atoms with Crippen LogP contribution in [0.4, 0.5) is 5.69 Å². The molecule has 2 heterocycles. The lowest BCUT2D eigenvalue weighted by Crippen LogP contribution is -2.26. The van der Waals surface area contributed by atoms with Crippen LogP contribution in [0.1, 0.15) is 33.3 Å². The molecule has 0 spiro atoms. The van der Waals surface area contributed by atoms with Crippen molar-refractivity contribution in [3.63, 3.8) is 0 Å². The number of amides is 1. The first-order valence-electron chi connectivity index (χ1n) is 9.08. The third kappa shape index (κ3) is 4.56. The van der Waals surface area contributed by atoms with E-state index in [1.54, 1.807) is 53.8 Å². The number of nitrogens with one attached hydrogen (secondary N) is 1. The molecule has 0 bridgehead atoms. The highest BCUT2D eigenvalue weighted by Crippen LogP contribution is 2.36. The fourth-order valence-corrected chi connectivity index (χ4v) is 4.86. The summed E-state index contributed by atoms with van der Waals surface area (Å²) in [5.41, 5.74) is 2.37. The topological polar surface area (TPSA) is 78.8 Å². The van der Waals surface area contributed by atoms with E-state index in [2.05, 4.69) is 9.82 Å². The van der Waals surface area contributed by atoms with Gasteiger partial charge in [0.05, 0.1) is 18.0 Å². The third-order valence-corrected chi connectivity index (χ3v) is 6.38. The van der Waals surface area contributed by atoms with Crippen LogP contribution in [0.5, 0.6) is 0 Å². The van der Waals surface area contributed by atoms with Crippen LogP contribution < -0.4 is 4.72 Å². The lowest BCUT2D eigenvalue weighted by Gasteiger charge is -2.20. The van der Waals surface area contributed by atoms with Crippen molar-refractivity contribution < 1.29 is 13.2 Å². The van der Waals surface area contributed by atoms with Gasteiger partial charge in [-0.05, 0) is 47.3 Å². The molecule has 6 nitrogen and oxygen atoms in total. The number of anilines is 1. The molecule has 1 atom stereocenters. The Morgan fingerprint density at radius 1 is 1.17 bits per heavy atom. The number of hydrogen-bond acceptors (Lipinski definition) is 5. The predicted molar refractivity (Wildman–Crippen MR) is 121 cm³/mol. The Balaban J connectivity index is 1.70. The summed E-state index contributed by atoms with van der Waals surface area (Å²) < 4.78 is 25.6. The zero-order valence-electron chi connectivity index (χ0n) is 15.9. The third-order valence-electron chi connectivity index (χ3n) is 4.56. The molecule has 9 heteroatoms. The molecule has 2 aromatic carbocycles. The van der Waals surface area contributed by atoms with Gasteiger partial charge in [-0.3, -0.25) is 9.52 Å². The van der Waals surface area contributed by atoms with Gasteiger partial charge >= 0.3 is 0 Å². The molecular weight excluding hydrogens is 442 g/mol. The van der Waals surface area contributed by atoms with Crippen LogP contribution in [0.3, 0.4) is 0 Å². The maximum Gasteiger partial charge on any atom is 0.274 e. The lowest BCUT2D eigenvalue weighted by atomic mass is 10.0. The molecule has 0 aliphatic carbocycles. The molecule has 154 valence electrons. The molecule has 3 aromatic rings. The molecule has 0 saturated carbocycles. The molecule has 1 N–H and O–H groups in total. The zero-order valence-corrected chi connectivity index (χ0v) is 18.3. The number of hydrogen-bond donors (Lipinski definition) is 1. The second-order valence-corrected chi connectivity index (χ2v) is 10.1. The van der Waals surface area contributed by atoms with Crippen LogP contribution in [-0.2, 0) is 10.0 Å². The number of carbonyl (C=O) groups is 1. The highest BCUT2D eigenvalue weighted by atomic mass is 35.5. The number of nitrogens with zero attached hydrogens (tertiary/aromatic N) is 2. The molecule has 0 saturated heterocycles. The van der Waals surface area contributed by atoms with E-state index in [0.717, 1.165) is 16.7 Å². The Morgan fingerprint density at radius 3 is 2.67 bits per heavy atom. The summed E-state index contributed by atoms with van der Waals surface area (Å²) in [4.78, 5) is 14.2. The Bertz CT molecular complexity index is 1220. The Kier molecular flexibility index (Phi) is 5.64. The summed E-state index contributed by atoms with van der Waals surface area (Å²) >= 11 is 7.63. The normalized spacial score (nSPS) is 16.4. The summed E-state index contributed by atoms with van der Waals surface area (Å²) in [5, 5.41) is 8.56. The predicted octanol–water partition coefficient (Wildman–Crippen LogP) is 4.76.